The van der Waals surface area contributed by atoms with E-state index in [0.29, 0.717) is 0 Å². The van der Waals surface area contributed by atoms with E-state index >= 15 is 0 Å². The van der Waals surface area contributed by atoms with Crippen molar-refractivity contribution < 1.29 is 16.8 Å². The highest BCUT2D eigenvalue weighted by atomic mass is 35.5. The van der Waals surface area contributed by atoms with Crippen molar-refractivity contribution in [1.82, 2.24) is 4.31 Å². The van der Waals surface area contributed by atoms with Crippen LogP contribution in [0.25, 0.3) is 0 Å². The van der Waals surface area contributed by atoms with Crippen molar-refractivity contribution >= 4 is 31.5 Å². The second-order valence-electron chi connectivity index (χ2n) is 3.53. The number of alkyl halides is 1. The van der Waals surface area contributed by atoms with Crippen molar-refractivity contribution in [2.45, 2.75) is 12.5 Å². The van der Waals surface area contributed by atoms with Crippen LogP contribution in [0.15, 0.2) is 0 Å². The van der Waals surface area contributed by atoms with Crippen LogP contribution >= 0.6 is 11.6 Å². The molecule has 92 valence electrons. The van der Waals surface area contributed by atoms with Gasteiger partial charge < -0.3 is 0 Å². The maximum atomic E-state index is 11.6. The first kappa shape index (κ1) is 13.8. The minimum atomic E-state index is -3.66. The summed E-state index contributed by atoms with van der Waals surface area (Å²) in [6.45, 7) is -0.144. The third-order valence-corrected chi connectivity index (χ3v) is 6.35. The molecule has 0 aliphatic carbocycles. The van der Waals surface area contributed by atoms with Crippen molar-refractivity contribution in [3.63, 3.8) is 0 Å². The number of rotatable bonds is 4. The molecule has 1 unspecified atom stereocenters. The first-order valence-corrected chi connectivity index (χ1v) is 8.48. The van der Waals surface area contributed by atoms with E-state index < -0.39 is 31.1 Å². The Balaban J connectivity index is 2.94. The maximum Gasteiger partial charge on any atom is 0.229 e. The fourth-order valence-electron chi connectivity index (χ4n) is 1.61. The number of sulfone groups is 1. The summed E-state index contributed by atoms with van der Waals surface area (Å²) in [5.41, 5.74) is 0. The Bertz CT molecular complexity index is 491. The van der Waals surface area contributed by atoms with Gasteiger partial charge in [0.1, 0.15) is 5.21 Å². The summed E-state index contributed by atoms with van der Waals surface area (Å²) in [7, 11) is -6.81. The lowest BCUT2D eigenvalue weighted by Crippen LogP contribution is -2.41. The summed E-state index contributed by atoms with van der Waals surface area (Å²) in [6.07, 6.45) is 5.35. The van der Waals surface area contributed by atoms with E-state index in [1.165, 1.54) is 0 Å². The molecule has 1 atom stereocenters. The topological polar surface area (TPSA) is 71.5 Å². The zero-order valence-corrected chi connectivity index (χ0v) is 10.9. The molecule has 1 heterocycles. The number of terminal acetylenes is 1. The summed E-state index contributed by atoms with van der Waals surface area (Å²) in [6, 6.07) is -0.579. The molecule has 0 saturated carbocycles. The predicted molar refractivity (Wildman–Crippen MR) is 62.2 cm³/mol. The van der Waals surface area contributed by atoms with Crippen LogP contribution in [-0.2, 0) is 19.9 Å². The average Bonchev–Trinajstić information content (AvgIpc) is 2.54. The quantitative estimate of drug-likeness (QED) is 0.522. The van der Waals surface area contributed by atoms with Gasteiger partial charge in [0, 0.05) is 6.04 Å². The molecule has 1 fully saturated rings. The summed E-state index contributed by atoms with van der Waals surface area (Å²) in [4.78, 5) is 0. The summed E-state index contributed by atoms with van der Waals surface area (Å²) >= 11 is 5.33. The van der Waals surface area contributed by atoms with E-state index in [1.807, 2.05) is 0 Å². The SMILES string of the molecule is C#CCN(C1CCS(=O)(=O)C1)S(=O)(=O)CCl. The maximum absolute atomic E-state index is 11.6. The Kier molecular flexibility index (Phi) is 4.23. The van der Waals surface area contributed by atoms with Crippen LogP contribution in [0.1, 0.15) is 6.42 Å². The van der Waals surface area contributed by atoms with Crippen molar-refractivity contribution in [2.75, 3.05) is 23.3 Å². The molecule has 1 saturated heterocycles. The average molecular weight is 286 g/mol. The highest BCUT2D eigenvalue weighted by Gasteiger charge is 2.37. The van der Waals surface area contributed by atoms with Crippen LogP contribution in [0.5, 0.6) is 0 Å². The lowest BCUT2D eigenvalue weighted by molar-refractivity contribution is 0.373. The predicted octanol–water partition coefficient (Wildman–Crippen LogP) is -0.365. The highest BCUT2D eigenvalue weighted by Crippen LogP contribution is 2.20. The van der Waals surface area contributed by atoms with Gasteiger partial charge in [-0.3, -0.25) is 0 Å². The Morgan fingerprint density at radius 3 is 2.50 bits per heavy atom. The third kappa shape index (κ3) is 3.10. The number of nitrogens with zero attached hydrogens (tertiary/aromatic N) is 1. The molecule has 0 amide bonds. The molecule has 16 heavy (non-hydrogen) atoms. The number of hydrogen-bond donors (Lipinski definition) is 0. The molecule has 0 aromatic carbocycles. The molecule has 1 aliphatic rings. The van der Waals surface area contributed by atoms with Crippen LogP contribution in [0.2, 0.25) is 0 Å². The number of hydrogen-bond acceptors (Lipinski definition) is 4. The summed E-state index contributed by atoms with van der Waals surface area (Å²) in [5, 5.41) is -0.592. The number of halogens is 1. The van der Waals surface area contributed by atoms with E-state index in [-0.39, 0.29) is 24.5 Å². The van der Waals surface area contributed by atoms with Gasteiger partial charge in [-0.1, -0.05) is 5.92 Å². The van der Waals surface area contributed by atoms with Gasteiger partial charge in [0.25, 0.3) is 0 Å². The van der Waals surface area contributed by atoms with Crippen molar-refractivity contribution in [3.05, 3.63) is 0 Å². The van der Waals surface area contributed by atoms with Gasteiger partial charge in [0.15, 0.2) is 9.84 Å². The van der Waals surface area contributed by atoms with Gasteiger partial charge in [-0.05, 0) is 6.42 Å². The molecule has 0 N–H and O–H groups in total. The zero-order valence-electron chi connectivity index (χ0n) is 8.46. The molecule has 0 radical (unpaired) electrons. The summed E-state index contributed by atoms with van der Waals surface area (Å²) in [5.74, 6) is 2.03. The van der Waals surface area contributed by atoms with E-state index in [4.69, 9.17) is 18.0 Å². The van der Waals surface area contributed by atoms with Crippen LogP contribution in [0, 0.1) is 12.3 Å². The standard InChI is InChI=1S/C8H12ClNO4S2/c1-2-4-10(16(13,14)7-9)8-3-5-15(11,12)6-8/h1,8H,3-7H2. The van der Waals surface area contributed by atoms with Crippen LogP contribution < -0.4 is 0 Å². The van der Waals surface area contributed by atoms with Crippen molar-refractivity contribution in [2.24, 2.45) is 0 Å². The highest BCUT2D eigenvalue weighted by molar-refractivity contribution is 7.92. The largest absolute Gasteiger partial charge is 0.229 e. The van der Waals surface area contributed by atoms with Gasteiger partial charge in [-0.2, -0.15) is 4.31 Å². The smallest absolute Gasteiger partial charge is 0.229 e. The van der Waals surface area contributed by atoms with Gasteiger partial charge in [-0.25, -0.2) is 16.8 Å². The van der Waals surface area contributed by atoms with E-state index in [0.717, 1.165) is 4.31 Å². The third-order valence-electron chi connectivity index (χ3n) is 2.36. The minimum Gasteiger partial charge on any atom is -0.229 e. The monoisotopic (exact) mass is 285 g/mol. The molecule has 1 aliphatic heterocycles. The molecule has 8 heteroatoms. The molecule has 0 aromatic rings. The second-order valence-corrected chi connectivity index (χ2v) is 8.26. The molecular formula is C8H12ClNO4S2. The second kappa shape index (κ2) is 4.92. The fourth-order valence-corrected chi connectivity index (χ4v) is 4.84. The van der Waals surface area contributed by atoms with Crippen LogP contribution in [0.3, 0.4) is 0 Å². The molecular weight excluding hydrogens is 274 g/mol. The zero-order chi connectivity index (χ0) is 12.4. The van der Waals surface area contributed by atoms with Gasteiger partial charge in [-0.15, -0.1) is 18.0 Å². The molecule has 1 rings (SSSR count). The molecule has 0 bridgehead atoms. The molecule has 5 nitrogen and oxygen atoms in total. The van der Waals surface area contributed by atoms with E-state index in [2.05, 4.69) is 5.92 Å². The van der Waals surface area contributed by atoms with Crippen molar-refractivity contribution in [3.8, 4) is 12.3 Å². The summed E-state index contributed by atoms with van der Waals surface area (Å²) < 4.78 is 46.7. The minimum absolute atomic E-state index is 0.00343. The Hall–Kier alpha value is -0.290. The first-order chi connectivity index (χ1) is 7.32. The van der Waals surface area contributed by atoms with Gasteiger partial charge >= 0.3 is 0 Å². The van der Waals surface area contributed by atoms with Crippen LogP contribution in [0.4, 0.5) is 0 Å². The Labute approximate surface area is 101 Å². The normalized spacial score (nSPS) is 24.4. The Morgan fingerprint density at radius 1 is 1.50 bits per heavy atom. The molecule has 0 spiro atoms. The van der Waals surface area contributed by atoms with E-state index in [1.54, 1.807) is 0 Å². The van der Waals surface area contributed by atoms with E-state index in [9.17, 15) is 16.8 Å². The van der Waals surface area contributed by atoms with Crippen molar-refractivity contribution in [1.29, 1.82) is 0 Å². The lowest BCUT2D eigenvalue weighted by atomic mass is 10.3. The van der Waals surface area contributed by atoms with Gasteiger partial charge in [0.05, 0.1) is 18.1 Å². The number of sulfonamides is 1. The fraction of sp³-hybridized carbons (Fsp3) is 0.750. The lowest BCUT2D eigenvalue weighted by Gasteiger charge is -2.23. The molecule has 0 aromatic heterocycles. The Morgan fingerprint density at radius 2 is 2.12 bits per heavy atom. The van der Waals surface area contributed by atoms with Gasteiger partial charge in [0.2, 0.25) is 10.0 Å². The van der Waals surface area contributed by atoms with Crippen LogP contribution in [-0.4, -0.2) is 50.4 Å². The first-order valence-electron chi connectivity index (χ1n) is 4.52.